The Kier molecular flexibility index (Phi) is 4.61. The lowest BCUT2D eigenvalue weighted by atomic mass is 9.80. The van der Waals surface area contributed by atoms with Crippen LogP contribution in [0.4, 0.5) is 16.2 Å². The number of nitrogens with zero attached hydrogens (tertiary/aromatic N) is 1. The van der Waals surface area contributed by atoms with Gasteiger partial charge in [-0.2, -0.15) is 0 Å². The Labute approximate surface area is 136 Å². The number of piperidine rings is 1. The highest BCUT2D eigenvalue weighted by molar-refractivity contribution is 5.89. The molecule has 0 radical (unpaired) electrons. The fraction of sp³-hybridized carbons (Fsp3) is 0.562. The number of nitro groups is 1. The minimum absolute atomic E-state index is 0.00211. The van der Waals surface area contributed by atoms with Crippen LogP contribution in [0.3, 0.4) is 0 Å². The normalized spacial score (nSPS) is 19.8. The average Bonchev–Trinajstić information content (AvgIpc) is 2.34. The molecule has 4 N–H and O–H groups in total. The van der Waals surface area contributed by atoms with Crippen LogP contribution in [-0.4, -0.2) is 28.1 Å². The number of anilines is 1. The number of amides is 2. The average molecular weight is 321 g/mol. The minimum Gasteiger partial charge on any atom is -0.337 e. The summed E-state index contributed by atoms with van der Waals surface area (Å²) < 4.78 is 0. The van der Waals surface area contributed by atoms with E-state index in [1.165, 1.54) is 24.3 Å². The van der Waals surface area contributed by atoms with E-state index in [-0.39, 0.29) is 28.8 Å². The van der Waals surface area contributed by atoms with Gasteiger partial charge in [0.1, 0.15) is 0 Å². The molecule has 7 nitrogen and oxygen atoms in total. The Morgan fingerprint density at radius 1 is 1.17 bits per heavy atom. The zero-order valence-corrected chi connectivity index (χ0v) is 14.1. The highest BCUT2D eigenvalue weighted by atomic mass is 16.6. The number of nitro benzene ring substituents is 1. The highest BCUT2D eigenvalue weighted by Crippen LogP contribution is 2.22. The molecule has 1 aliphatic heterocycles. The molecule has 0 unspecified atom stereocenters. The van der Waals surface area contributed by atoms with E-state index in [4.69, 9.17) is 0 Å². The maximum Gasteiger partial charge on any atom is 0.319 e. The van der Waals surface area contributed by atoms with Crippen molar-refractivity contribution in [2.24, 2.45) is 0 Å². The summed E-state index contributed by atoms with van der Waals surface area (Å²) in [5, 5.41) is 18.7. The molecule has 23 heavy (non-hydrogen) atoms. The van der Waals surface area contributed by atoms with Crippen LogP contribution in [-0.2, 0) is 0 Å². The van der Waals surface area contributed by atoms with Crippen molar-refractivity contribution in [3.05, 3.63) is 34.4 Å². The van der Waals surface area contributed by atoms with Crippen molar-refractivity contribution >= 4 is 17.4 Å². The van der Waals surface area contributed by atoms with Crippen molar-refractivity contribution < 1.29 is 15.0 Å². The quantitative estimate of drug-likeness (QED) is 0.586. The van der Waals surface area contributed by atoms with Crippen LogP contribution in [0.2, 0.25) is 0 Å². The fourth-order valence-corrected chi connectivity index (χ4v) is 3.64. The molecule has 1 aliphatic rings. The van der Waals surface area contributed by atoms with Crippen molar-refractivity contribution in [3.63, 3.8) is 0 Å². The summed E-state index contributed by atoms with van der Waals surface area (Å²) in [6.07, 6.45) is 1.79. The predicted octanol–water partition coefficient (Wildman–Crippen LogP) is 2.00. The Balaban J connectivity index is 1.95. The third-order valence-electron chi connectivity index (χ3n) is 4.00. The van der Waals surface area contributed by atoms with Crippen LogP contribution in [0.5, 0.6) is 0 Å². The second-order valence-corrected chi connectivity index (χ2v) is 7.63. The van der Waals surface area contributed by atoms with Gasteiger partial charge in [-0.15, -0.1) is 0 Å². The molecule has 1 saturated heterocycles. The van der Waals surface area contributed by atoms with Gasteiger partial charge in [-0.25, -0.2) is 4.79 Å². The van der Waals surface area contributed by atoms with Gasteiger partial charge in [0.05, 0.1) is 16.0 Å². The number of carbonyl (C=O) groups is 1. The minimum atomic E-state index is -0.466. The number of benzene rings is 1. The van der Waals surface area contributed by atoms with Crippen LogP contribution in [0, 0.1) is 10.1 Å². The summed E-state index contributed by atoms with van der Waals surface area (Å²) in [5.41, 5.74) is 0.691. The molecule has 2 rings (SSSR count). The van der Waals surface area contributed by atoms with E-state index in [9.17, 15) is 14.9 Å². The lowest BCUT2D eigenvalue weighted by Crippen LogP contribution is -3.06. The number of carbonyl (C=O) groups excluding carboxylic acids is 1. The van der Waals surface area contributed by atoms with Gasteiger partial charge in [-0.05, 0) is 39.8 Å². The lowest BCUT2D eigenvalue weighted by Gasteiger charge is -2.43. The first kappa shape index (κ1) is 17.2. The van der Waals surface area contributed by atoms with Gasteiger partial charge in [0.25, 0.3) is 5.69 Å². The number of urea groups is 1. The Bertz CT molecular complexity index is 580. The number of hydrogen-bond donors (Lipinski definition) is 3. The molecule has 1 heterocycles. The first-order chi connectivity index (χ1) is 10.6. The summed E-state index contributed by atoms with van der Waals surface area (Å²) in [4.78, 5) is 22.3. The second-order valence-electron chi connectivity index (χ2n) is 7.63. The molecule has 1 fully saturated rings. The van der Waals surface area contributed by atoms with E-state index in [0.717, 1.165) is 12.8 Å². The largest absolute Gasteiger partial charge is 0.337 e. The van der Waals surface area contributed by atoms with Gasteiger partial charge >= 0.3 is 6.03 Å². The SMILES string of the molecule is CC1(C)CC(NC(=O)Nc2ccc([N+](=O)[O-])cc2)CC(C)(C)[NH2+]1. The van der Waals surface area contributed by atoms with Gasteiger partial charge in [-0.3, -0.25) is 10.1 Å². The first-order valence-corrected chi connectivity index (χ1v) is 7.75. The molecule has 0 aromatic heterocycles. The molecule has 0 spiro atoms. The molecule has 126 valence electrons. The van der Waals surface area contributed by atoms with Crippen molar-refractivity contribution in [2.75, 3.05) is 5.32 Å². The second kappa shape index (κ2) is 6.16. The molecule has 1 aromatic carbocycles. The number of nitrogens with two attached hydrogens (primary N) is 1. The summed E-state index contributed by atoms with van der Waals surface area (Å²) in [7, 11) is 0. The van der Waals surface area contributed by atoms with Crippen molar-refractivity contribution in [2.45, 2.75) is 57.7 Å². The first-order valence-electron chi connectivity index (χ1n) is 7.75. The van der Waals surface area contributed by atoms with Crippen molar-refractivity contribution in [1.82, 2.24) is 5.32 Å². The van der Waals surface area contributed by atoms with Gasteiger partial charge in [-0.1, -0.05) is 0 Å². The zero-order chi connectivity index (χ0) is 17.3. The van der Waals surface area contributed by atoms with Crippen LogP contribution in [0.25, 0.3) is 0 Å². The lowest BCUT2D eigenvalue weighted by molar-refractivity contribution is -0.787. The van der Waals surface area contributed by atoms with Crippen LogP contribution in [0.1, 0.15) is 40.5 Å². The Morgan fingerprint density at radius 2 is 1.70 bits per heavy atom. The monoisotopic (exact) mass is 321 g/mol. The van der Waals surface area contributed by atoms with Gasteiger partial charge in [0.2, 0.25) is 0 Å². The maximum absolute atomic E-state index is 12.2. The van der Waals surface area contributed by atoms with E-state index < -0.39 is 4.92 Å². The standard InChI is InChI=1S/C16H24N4O3/c1-15(2)9-12(10-16(3,4)19-15)18-14(21)17-11-5-7-13(8-6-11)20(22)23/h5-8,12,19H,9-10H2,1-4H3,(H2,17,18,21)/p+1. The molecular weight excluding hydrogens is 296 g/mol. The summed E-state index contributed by atoms with van der Waals surface area (Å²) in [5.74, 6) is 0. The number of nitrogens with one attached hydrogen (secondary N) is 2. The topological polar surface area (TPSA) is 101 Å². The molecule has 2 amide bonds. The van der Waals surface area contributed by atoms with Crippen LogP contribution < -0.4 is 16.0 Å². The third-order valence-corrected chi connectivity index (χ3v) is 4.00. The van der Waals surface area contributed by atoms with Gasteiger partial charge < -0.3 is 16.0 Å². The molecule has 0 atom stereocenters. The zero-order valence-electron chi connectivity index (χ0n) is 14.1. The Hall–Kier alpha value is -2.15. The van der Waals surface area contributed by atoms with E-state index in [2.05, 4.69) is 43.6 Å². The summed E-state index contributed by atoms with van der Waals surface area (Å²) in [6.45, 7) is 8.71. The molecule has 0 saturated carbocycles. The van der Waals surface area contributed by atoms with Gasteiger partial charge in [0, 0.05) is 36.7 Å². The molecule has 1 aromatic rings. The van der Waals surface area contributed by atoms with Crippen molar-refractivity contribution in [3.8, 4) is 0 Å². The molecule has 0 aliphatic carbocycles. The predicted molar refractivity (Wildman–Crippen MR) is 88.4 cm³/mol. The van der Waals surface area contributed by atoms with E-state index in [1.54, 1.807) is 0 Å². The van der Waals surface area contributed by atoms with Crippen LogP contribution in [0.15, 0.2) is 24.3 Å². The Morgan fingerprint density at radius 3 is 2.17 bits per heavy atom. The summed E-state index contributed by atoms with van der Waals surface area (Å²) in [6, 6.07) is 5.62. The van der Waals surface area contributed by atoms with E-state index in [1.807, 2.05) is 0 Å². The maximum atomic E-state index is 12.2. The third kappa shape index (κ3) is 4.92. The number of non-ortho nitro benzene ring substituents is 1. The summed E-state index contributed by atoms with van der Waals surface area (Å²) >= 11 is 0. The molecular formula is C16H25N4O3+. The number of rotatable bonds is 3. The van der Waals surface area contributed by atoms with E-state index in [0.29, 0.717) is 5.69 Å². The molecule has 7 heteroatoms. The van der Waals surface area contributed by atoms with Gasteiger partial charge in [0.15, 0.2) is 0 Å². The molecule has 0 bridgehead atoms. The smallest absolute Gasteiger partial charge is 0.319 e. The van der Waals surface area contributed by atoms with Crippen LogP contribution >= 0.6 is 0 Å². The number of quaternary nitrogens is 1. The highest BCUT2D eigenvalue weighted by Gasteiger charge is 2.42. The van der Waals surface area contributed by atoms with Crippen molar-refractivity contribution in [1.29, 1.82) is 0 Å². The number of hydrogen-bond acceptors (Lipinski definition) is 3. The fourth-order valence-electron chi connectivity index (χ4n) is 3.64. The van der Waals surface area contributed by atoms with E-state index >= 15 is 0 Å².